The van der Waals surface area contributed by atoms with Crippen molar-refractivity contribution in [1.82, 2.24) is 20.0 Å². The highest BCUT2D eigenvalue weighted by molar-refractivity contribution is 5.91. The van der Waals surface area contributed by atoms with Crippen LogP contribution in [-0.2, 0) is 11.9 Å². The van der Waals surface area contributed by atoms with E-state index >= 15 is 0 Å². The molecule has 0 saturated carbocycles. The molecule has 0 saturated heterocycles. The molecular weight excluding hydrogens is 418 g/mol. The van der Waals surface area contributed by atoms with Crippen LogP contribution in [0.15, 0.2) is 60.8 Å². The SMILES string of the molecule is CCC(C)c1cccc(Nc2nc3cc(Oc4ccnc(C(=O)NOC)c4)ccc3n2C)c1. The van der Waals surface area contributed by atoms with E-state index in [1.165, 1.54) is 18.9 Å². The second-order valence-corrected chi connectivity index (χ2v) is 7.82. The Kier molecular flexibility index (Phi) is 6.55. The zero-order valence-corrected chi connectivity index (χ0v) is 19.1. The minimum absolute atomic E-state index is 0.194. The Bertz CT molecular complexity index is 1280. The summed E-state index contributed by atoms with van der Waals surface area (Å²) in [7, 11) is 3.34. The van der Waals surface area contributed by atoms with E-state index in [2.05, 4.69) is 52.7 Å². The van der Waals surface area contributed by atoms with Gasteiger partial charge in [0, 0.05) is 31.1 Å². The van der Waals surface area contributed by atoms with Crippen molar-refractivity contribution < 1.29 is 14.4 Å². The van der Waals surface area contributed by atoms with E-state index in [0.717, 1.165) is 29.1 Å². The van der Waals surface area contributed by atoms with Crippen molar-refractivity contribution in [3.8, 4) is 11.5 Å². The number of aromatic nitrogens is 3. The Labute approximate surface area is 192 Å². The highest BCUT2D eigenvalue weighted by atomic mass is 16.6. The molecule has 0 radical (unpaired) electrons. The maximum atomic E-state index is 11.9. The predicted octanol–water partition coefficient (Wildman–Crippen LogP) is 5.31. The van der Waals surface area contributed by atoms with Gasteiger partial charge in [0.1, 0.15) is 17.2 Å². The van der Waals surface area contributed by atoms with Crippen LogP contribution in [0.2, 0.25) is 0 Å². The molecule has 8 nitrogen and oxygen atoms in total. The lowest BCUT2D eigenvalue weighted by atomic mass is 9.98. The van der Waals surface area contributed by atoms with Crippen molar-refractivity contribution >= 4 is 28.6 Å². The number of fused-ring (bicyclic) bond motifs is 1. The van der Waals surface area contributed by atoms with Crippen molar-refractivity contribution in [3.63, 3.8) is 0 Å². The van der Waals surface area contributed by atoms with E-state index in [1.807, 2.05) is 35.9 Å². The summed E-state index contributed by atoms with van der Waals surface area (Å²) in [5.41, 5.74) is 6.50. The molecule has 1 unspecified atom stereocenters. The maximum Gasteiger partial charge on any atom is 0.293 e. The van der Waals surface area contributed by atoms with Crippen LogP contribution in [0.1, 0.15) is 42.2 Å². The van der Waals surface area contributed by atoms with Crippen molar-refractivity contribution in [3.05, 3.63) is 72.1 Å². The first-order chi connectivity index (χ1) is 16.0. The first-order valence-electron chi connectivity index (χ1n) is 10.8. The third kappa shape index (κ3) is 4.96. The number of hydrogen-bond donors (Lipinski definition) is 2. The number of pyridine rings is 1. The summed E-state index contributed by atoms with van der Waals surface area (Å²) in [4.78, 5) is 25.3. The molecule has 2 heterocycles. The molecule has 0 fully saturated rings. The average molecular weight is 446 g/mol. The molecule has 0 spiro atoms. The van der Waals surface area contributed by atoms with Gasteiger partial charge in [0.2, 0.25) is 5.95 Å². The summed E-state index contributed by atoms with van der Waals surface area (Å²) >= 11 is 0. The lowest BCUT2D eigenvalue weighted by Gasteiger charge is -2.12. The third-order valence-electron chi connectivity index (χ3n) is 5.57. The van der Waals surface area contributed by atoms with Crippen molar-refractivity contribution in [2.45, 2.75) is 26.2 Å². The number of hydroxylamine groups is 1. The number of benzene rings is 2. The number of carbonyl (C=O) groups excluding carboxylic acids is 1. The number of nitrogens with zero attached hydrogens (tertiary/aromatic N) is 3. The Balaban J connectivity index is 1.56. The standard InChI is InChI=1S/C25H27N5O3/c1-5-16(2)17-7-6-8-18(13-17)27-25-28-21-14-19(9-10-23(21)30(25)3)33-20-11-12-26-22(15-20)24(31)29-32-4/h6-16H,5H2,1-4H3,(H,27,28)(H,29,31). The molecule has 170 valence electrons. The zero-order chi connectivity index (χ0) is 23.4. The summed E-state index contributed by atoms with van der Waals surface area (Å²) in [5.74, 6) is 1.89. The number of anilines is 2. The smallest absolute Gasteiger partial charge is 0.293 e. The van der Waals surface area contributed by atoms with Crippen molar-refractivity contribution in [2.24, 2.45) is 7.05 Å². The number of imidazole rings is 1. The summed E-state index contributed by atoms with van der Waals surface area (Å²) in [6.07, 6.45) is 2.60. The van der Waals surface area contributed by atoms with Gasteiger partial charge in [-0.15, -0.1) is 0 Å². The number of rotatable bonds is 8. The molecule has 0 aliphatic heterocycles. The van der Waals surface area contributed by atoms with E-state index in [-0.39, 0.29) is 5.69 Å². The number of nitrogens with one attached hydrogen (secondary N) is 2. The summed E-state index contributed by atoms with van der Waals surface area (Å²) < 4.78 is 7.96. The molecule has 1 atom stereocenters. The molecule has 2 aromatic heterocycles. The van der Waals surface area contributed by atoms with E-state index in [1.54, 1.807) is 12.1 Å². The molecule has 4 rings (SSSR count). The topological polar surface area (TPSA) is 90.3 Å². The van der Waals surface area contributed by atoms with E-state index < -0.39 is 5.91 Å². The Morgan fingerprint density at radius 2 is 1.94 bits per heavy atom. The second-order valence-electron chi connectivity index (χ2n) is 7.82. The number of carbonyl (C=O) groups is 1. The Morgan fingerprint density at radius 3 is 2.73 bits per heavy atom. The van der Waals surface area contributed by atoms with Crippen LogP contribution in [0.3, 0.4) is 0 Å². The molecule has 33 heavy (non-hydrogen) atoms. The number of aryl methyl sites for hydroxylation is 1. The van der Waals surface area contributed by atoms with Gasteiger partial charge in [-0.2, -0.15) is 0 Å². The molecule has 0 aliphatic rings. The number of ether oxygens (including phenoxy) is 1. The van der Waals surface area contributed by atoms with Gasteiger partial charge in [0.05, 0.1) is 18.1 Å². The fourth-order valence-corrected chi connectivity index (χ4v) is 3.52. The monoisotopic (exact) mass is 445 g/mol. The minimum Gasteiger partial charge on any atom is -0.457 e. The number of amides is 1. The third-order valence-corrected chi connectivity index (χ3v) is 5.57. The highest BCUT2D eigenvalue weighted by Gasteiger charge is 2.12. The maximum absolute atomic E-state index is 11.9. The molecule has 2 N–H and O–H groups in total. The minimum atomic E-state index is -0.448. The molecule has 2 aromatic carbocycles. The summed E-state index contributed by atoms with van der Waals surface area (Å²) in [6, 6.07) is 17.4. The fraction of sp³-hybridized carbons (Fsp3) is 0.240. The lowest BCUT2D eigenvalue weighted by Crippen LogP contribution is -2.22. The van der Waals surface area contributed by atoms with E-state index in [4.69, 9.17) is 9.72 Å². The largest absolute Gasteiger partial charge is 0.457 e. The number of hydrogen-bond acceptors (Lipinski definition) is 6. The van der Waals surface area contributed by atoms with Gasteiger partial charge >= 0.3 is 0 Å². The average Bonchev–Trinajstić information content (AvgIpc) is 3.13. The van der Waals surface area contributed by atoms with Crippen molar-refractivity contribution in [2.75, 3.05) is 12.4 Å². The molecule has 0 bridgehead atoms. The van der Waals surface area contributed by atoms with Crippen molar-refractivity contribution in [1.29, 1.82) is 0 Å². The molecule has 0 aliphatic carbocycles. The lowest BCUT2D eigenvalue weighted by molar-refractivity contribution is 0.0532. The Hall–Kier alpha value is -3.91. The van der Waals surface area contributed by atoms with Crippen LogP contribution in [0.5, 0.6) is 11.5 Å². The zero-order valence-electron chi connectivity index (χ0n) is 19.1. The molecule has 8 heteroatoms. The second kappa shape index (κ2) is 9.70. The first kappa shape index (κ1) is 22.3. The Morgan fingerprint density at radius 1 is 1.12 bits per heavy atom. The van der Waals surface area contributed by atoms with E-state index in [0.29, 0.717) is 17.4 Å². The normalized spacial score (nSPS) is 11.9. The summed E-state index contributed by atoms with van der Waals surface area (Å²) in [6.45, 7) is 4.42. The molecule has 1 amide bonds. The van der Waals surface area contributed by atoms with Gasteiger partial charge < -0.3 is 14.6 Å². The summed E-state index contributed by atoms with van der Waals surface area (Å²) in [5, 5.41) is 3.43. The van der Waals surface area contributed by atoms with Gasteiger partial charge in [0.25, 0.3) is 5.91 Å². The molecule has 4 aromatic rings. The first-order valence-corrected chi connectivity index (χ1v) is 10.8. The van der Waals surface area contributed by atoms with Gasteiger partial charge in [-0.1, -0.05) is 26.0 Å². The fourth-order valence-electron chi connectivity index (χ4n) is 3.52. The molecular formula is C25H27N5O3. The van der Waals surface area contributed by atoms with Gasteiger partial charge in [0.15, 0.2) is 0 Å². The van der Waals surface area contributed by atoms with Crippen LogP contribution in [0.4, 0.5) is 11.6 Å². The van der Waals surface area contributed by atoms with Crippen LogP contribution in [-0.4, -0.2) is 27.6 Å². The predicted molar refractivity (Wildman–Crippen MR) is 128 cm³/mol. The van der Waals surface area contributed by atoms with Crippen LogP contribution in [0.25, 0.3) is 11.0 Å². The quantitative estimate of drug-likeness (QED) is 0.357. The van der Waals surface area contributed by atoms with Gasteiger partial charge in [-0.3, -0.25) is 14.6 Å². The van der Waals surface area contributed by atoms with Crippen LogP contribution >= 0.6 is 0 Å². The van der Waals surface area contributed by atoms with E-state index in [9.17, 15) is 4.79 Å². The van der Waals surface area contributed by atoms with Crippen LogP contribution < -0.4 is 15.5 Å². The van der Waals surface area contributed by atoms with Gasteiger partial charge in [-0.05, 0) is 48.2 Å². The van der Waals surface area contributed by atoms with Gasteiger partial charge in [-0.25, -0.2) is 10.5 Å². The highest BCUT2D eigenvalue weighted by Crippen LogP contribution is 2.29. The van der Waals surface area contributed by atoms with Crippen LogP contribution in [0, 0.1) is 0 Å².